The van der Waals surface area contributed by atoms with E-state index in [9.17, 15) is 9.50 Å². The van der Waals surface area contributed by atoms with Gasteiger partial charge in [0.25, 0.3) is 0 Å². The van der Waals surface area contributed by atoms with E-state index in [0.717, 1.165) is 15.6 Å². The first kappa shape index (κ1) is 15.0. The second-order valence-corrected chi connectivity index (χ2v) is 5.55. The van der Waals surface area contributed by atoms with E-state index >= 15 is 0 Å². The molecule has 0 amide bonds. The minimum absolute atomic E-state index is 0.243. The molecule has 2 aromatic carbocycles. The molecule has 106 valence electrons. The third-order valence-corrected chi connectivity index (χ3v) is 4.53. The fourth-order valence-corrected chi connectivity index (χ4v) is 2.40. The number of halogens is 2. The van der Waals surface area contributed by atoms with E-state index in [4.69, 9.17) is 4.74 Å². The third kappa shape index (κ3) is 2.86. The Morgan fingerprint density at radius 1 is 1.15 bits per heavy atom. The molecule has 1 atom stereocenters. The molecule has 0 saturated carbocycles. The summed E-state index contributed by atoms with van der Waals surface area (Å²) in [4.78, 5) is 0. The molecule has 0 saturated heterocycles. The van der Waals surface area contributed by atoms with Crippen LogP contribution in [0.1, 0.15) is 28.4 Å². The van der Waals surface area contributed by atoms with Crippen molar-refractivity contribution in [1.29, 1.82) is 0 Å². The Balaban J connectivity index is 2.43. The number of aliphatic hydroxyl groups is 1. The van der Waals surface area contributed by atoms with Crippen molar-refractivity contribution in [2.75, 3.05) is 7.11 Å². The van der Waals surface area contributed by atoms with Crippen molar-refractivity contribution >= 4 is 15.9 Å². The zero-order valence-electron chi connectivity index (χ0n) is 11.6. The monoisotopic (exact) mass is 338 g/mol. The van der Waals surface area contributed by atoms with Crippen molar-refractivity contribution in [1.82, 2.24) is 0 Å². The van der Waals surface area contributed by atoms with Crippen molar-refractivity contribution in [2.24, 2.45) is 0 Å². The lowest BCUT2D eigenvalue weighted by molar-refractivity contribution is 0.214. The molecule has 0 aliphatic heterocycles. The van der Waals surface area contributed by atoms with Crippen LogP contribution < -0.4 is 4.74 Å². The summed E-state index contributed by atoms with van der Waals surface area (Å²) in [5.41, 5.74) is 2.93. The molecule has 0 fully saturated rings. The second-order valence-electron chi connectivity index (χ2n) is 4.76. The highest BCUT2D eigenvalue weighted by Crippen LogP contribution is 2.31. The summed E-state index contributed by atoms with van der Waals surface area (Å²) >= 11 is 3.48. The van der Waals surface area contributed by atoms with Crippen molar-refractivity contribution in [3.05, 3.63) is 62.9 Å². The van der Waals surface area contributed by atoms with Gasteiger partial charge in [-0.05, 0) is 42.7 Å². The summed E-state index contributed by atoms with van der Waals surface area (Å²) in [6.07, 6.45) is -0.994. The Morgan fingerprint density at radius 3 is 2.25 bits per heavy atom. The largest absolute Gasteiger partial charge is 0.497 e. The predicted octanol–water partition coefficient (Wildman–Crippen LogP) is 4.30. The van der Waals surface area contributed by atoms with Gasteiger partial charge >= 0.3 is 0 Å². The van der Waals surface area contributed by atoms with Crippen LogP contribution in [0.25, 0.3) is 0 Å². The molecule has 2 nitrogen and oxygen atoms in total. The fraction of sp³-hybridized carbons (Fsp3) is 0.250. The Labute approximate surface area is 126 Å². The smallest absolute Gasteiger partial charge is 0.133 e. The Hall–Kier alpha value is -1.39. The second kappa shape index (κ2) is 5.94. The average Bonchev–Trinajstić information content (AvgIpc) is 2.43. The molecule has 2 aromatic rings. The minimum Gasteiger partial charge on any atom is -0.497 e. The number of rotatable bonds is 3. The molecule has 2 rings (SSSR count). The third-order valence-electron chi connectivity index (χ3n) is 3.28. The van der Waals surface area contributed by atoms with Crippen LogP contribution >= 0.6 is 15.9 Å². The zero-order valence-corrected chi connectivity index (χ0v) is 13.2. The maximum atomic E-state index is 14.0. The predicted molar refractivity (Wildman–Crippen MR) is 80.6 cm³/mol. The van der Waals surface area contributed by atoms with E-state index in [2.05, 4.69) is 15.9 Å². The van der Waals surface area contributed by atoms with E-state index in [1.807, 2.05) is 26.0 Å². The number of aryl methyl sites for hydroxylation is 2. The lowest BCUT2D eigenvalue weighted by atomic mass is 9.97. The number of ether oxygens (including phenoxy) is 1. The molecular formula is C16H16BrFO2. The number of hydrogen-bond acceptors (Lipinski definition) is 2. The molecule has 0 aliphatic carbocycles. The van der Waals surface area contributed by atoms with Crippen LogP contribution in [0.4, 0.5) is 4.39 Å². The summed E-state index contributed by atoms with van der Waals surface area (Å²) in [7, 11) is 1.48. The molecule has 0 aromatic heterocycles. The Morgan fingerprint density at radius 2 is 1.75 bits per heavy atom. The molecule has 20 heavy (non-hydrogen) atoms. The normalized spacial score (nSPS) is 12.3. The summed E-state index contributed by atoms with van der Waals surface area (Å²) < 4.78 is 20.0. The highest BCUT2D eigenvalue weighted by atomic mass is 79.9. The highest BCUT2D eigenvalue weighted by molar-refractivity contribution is 9.10. The first-order valence-corrected chi connectivity index (χ1v) is 7.01. The first-order valence-electron chi connectivity index (χ1n) is 6.22. The lowest BCUT2D eigenvalue weighted by Gasteiger charge is -2.15. The Kier molecular flexibility index (Phi) is 4.45. The van der Waals surface area contributed by atoms with Gasteiger partial charge in [0, 0.05) is 16.1 Å². The van der Waals surface area contributed by atoms with E-state index in [1.165, 1.54) is 13.2 Å². The molecule has 0 spiro atoms. The van der Waals surface area contributed by atoms with Crippen LogP contribution in [0.2, 0.25) is 0 Å². The number of benzene rings is 2. The molecule has 1 unspecified atom stereocenters. The zero-order chi connectivity index (χ0) is 14.9. The molecule has 1 N–H and O–H groups in total. The van der Waals surface area contributed by atoms with Gasteiger partial charge in [-0.3, -0.25) is 0 Å². The lowest BCUT2D eigenvalue weighted by Crippen LogP contribution is -2.04. The fourth-order valence-electron chi connectivity index (χ4n) is 2.17. The maximum absolute atomic E-state index is 14.0. The van der Waals surface area contributed by atoms with Gasteiger partial charge in [-0.15, -0.1) is 0 Å². The SMILES string of the molecule is COc1ccc(C(O)c2cc(C)c(Br)c(C)c2)c(F)c1. The summed E-state index contributed by atoms with van der Waals surface area (Å²) in [6, 6.07) is 8.17. The quantitative estimate of drug-likeness (QED) is 0.904. The molecule has 0 radical (unpaired) electrons. The number of hydrogen-bond donors (Lipinski definition) is 1. The van der Waals surface area contributed by atoms with Gasteiger partial charge in [0.1, 0.15) is 17.7 Å². The highest BCUT2D eigenvalue weighted by Gasteiger charge is 2.17. The van der Waals surface area contributed by atoms with Gasteiger partial charge in [-0.1, -0.05) is 28.1 Å². The summed E-state index contributed by atoms with van der Waals surface area (Å²) in [6.45, 7) is 3.88. The van der Waals surface area contributed by atoms with Crippen molar-refractivity contribution in [3.63, 3.8) is 0 Å². The van der Waals surface area contributed by atoms with Crippen LogP contribution in [0, 0.1) is 19.7 Å². The summed E-state index contributed by atoms with van der Waals surface area (Å²) in [5.74, 6) is -0.0447. The average molecular weight is 339 g/mol. The maximum Gasteiger partial charge on any atom is 0.133 e. The van der Waals surface area contributed by atoms with E-state index in [-0.39, 0.29) is 5.56 Å². The van der Waals surface area contributed by atoms with Gasteiger partial charge in [0.2, 0.25) is 0 Å². The van der Waals surface area contributed by atoms with Crippen LogP contribution in [0.15, 0.2) is 34.8 Å². The van der Waals surface area contributed by atoms with Gasteiger partial charge in [-0.2, -0.15) is 0 Å². The van der Waals surface area contributed by atoms with E-state index in [0.29, 0.717) is 11.3 Å². The van der Waals surface area contributed by atoms with Gasteiger partial charge in [0.15, 0.2) is 0 Å². The van der Waals surface area contributed by atoms with Crippen molar-refractivity contribution in [3.8, 4) is 5.75 Å². The van der Waals surface area contributed by atoms with E-state index in [1.54, 1.807) is 12.1 Å². The Bertz CT molecular complexity index is 617. The summed E-state index contributed by atoms with van der Waals surface area (Å²) in [5, 5.41) is 10.4. The van der Waals surface area contributed by atoms with Crippen LogP contribution in [0.5, 0.6) is 5.75 Å². The number of aliphatic hydroxyl groups excluding tert-OH is 1. The molecule has 0 bridgehead atoms. The van der Waals surface area contributed by atoms with Gasteiger partial charge < -0.3 is 9.84 Å². The topological polar surface area (TPSA) is 29.5 Å². The molecular weight excluding hydrogens is 323 g/mol. The van der Waals surface area contributed by atoms with Gasteiger partial charge in [-0.25, -0.2) is 4.39 Å². The first-order chi connectivity index (χ1) is 9.43. The van der Waals surface area contributed by atoms with E-state index < -0.39 is 11.9 Å². The van der Waals surface area contributed by atoms with Crippen molar-refractivity contribution in [2.45, 2.75) is 20.0 Å². The molecule has 0 aliphatic rings. The van der Waals surface area contributed by atoms with Crippen LogP contribution in [-0.4, -0.2) is 12.2 Å². The molecule has 0 heterocycles. The minimum atomic E-state index is -0.994. The number of methoxy groups -OCH3 is 1. The standard InChI is InChI=1S/C16H16BrFO2/c1-9-6-11(7-10(2)15(9)17)16(19)13-5-4-12(20-3)8-14(13)18/h4-8,16,19H,1-3H3. The molecule has 4 heteroatoms. The van der Waals surface area contributed by atoms with Gasteiger partial charge in [0.05, 0.1) is 7.11 Å². The van der Waals surface area contributed by atoms with Crippen molar-refractivity contribution < 1.29 is 14.2 Å². The van der Waals surface area contributed by atoms with Crippen LogP contribution in [-0.2, 0) is 0 Å². The van der Waals surface area contributed by atoms with Crippen LogP contribution in [0.3, 0.4) is 0 Å².